The molecule has 1 amide bonds. The molecule has 1 aromatic heterocycles. The molecule has 0 atom stereocenters. The van der Waals surface area contributed by atoms with Gasteiger partial charge in [0.05, 0.1) is 11.4 Å². The second-order valence-corrected chi connectivity index (χ2v) is 7.93. The number of sulfonamides is 1. The van der Waals surface area contributed by atoms with Crippen LogP contribution >= 0.6 is 0 Å². The number of nitrogens with one attached hydrogen (secondary N) is 2. The largest absolute Gasteiger partial charge is 0.325 e. The van der Waals surface area contributed by atoms with Crippen LogP contribution in [0.25, 0.3) is 10.9 Å². The molecular formula is C18H16FN3O4S. The van der Waals surface area contributed by atoms with E-state index in [1.807, 2.05) is 0 Å². The Kier molecular flexibility index (Phi) is 5.06. The number of aromatic amines is 1. The maximum atomic E-state index is 12.9. The summed E-state index contributed by atoms with van der Waals surface area (Å²) in [6, 6.07) is 12.3. The van der Waals surface area contributed by atoms with Gasteiger partial charge in [0, 0.05) is 24.3 Å². The predicted molar refractivity (Wildman–Crippen MR) is 99.4 cm³/mol. The molecule has 2 N–H and O–H groups in total. The Morgan fingerprint density at radius 3 is 2.52 bits per heavy atom. The predicted octanol–water partition coefficient (Wildman–Crippen LogP) is 1.93. The lowest BCUT2D eigenvalue weighted by Gasteiger charge is -2.17. The molecule has 7 nitrogen and oxygen atoms in total. The number of likely N-dealkylation sites (N-methyl/N-ethyl adjacent to an activating group) is 1. The van der Waals surface area contributed by atoms with E-state index in [9.17, 15) is 22.4 Å². The standard InChI is InChI=1S/C18H16FN3O4S/c1-22(11-18(24)20-14-5-3-13(19)4-6-14)27(25,26)15-7-8-16-12(10-15)2-9-17(23)21-16/h2-10H,11H2,1H3,(H,20,24)(H,21,23). The van der Waals surface area contributed by atoms with Gasteiger partial charge < -0.3 is 10.3 Å². The molecule has 0 bridgehead atoms. The number of carbonyl (C=O) groups is 1. The Balaban J connectivity index is 1.77. The summed E-state index contributed by atoms with van der Waals surface area (Å²) in [6.07, 6.45) is 0. The van der Waals surface area contributed by atoms with Crippen molar-refractivity contribution in [1.82, 2.24) is 9.29 Å². The molecule has 27 heavy (non-hydrogen) atoms. The molecule has 0 saturated carbocycles. The molecule has 140 valence electrons. The monoisotopic (exact) mass is 389 g/mol. The highest BCUT2D eigenvalue weighted by molar-refractivity contribution is 7.89. The Morgan fingerprint density at radius 2 is 1.81 bits per heavy atom. The topological polar surface area (TPSA) is 99.3 Å². The Hall–Kier alpha value is -3.04. The first-order valence-electron chi connectivity index (χ1n) is 7.90. The van der Waals surface area contributed by atoms with E-state index in [1.54, 1.807) is 0 Å². The maximum Gasteiger partial charge on any atom is 0.248 e. The van der Waals surface area contributed by atoms with Gasteiger partial charge in [-0.05, 0) is 53.9 Å². The van der Waals surface area contributed by atoms with Crippen LogP contribution in [0.1, 0.15) is 0 Å². The van der Waals surface area contributed by atoms with Gasteiger partial charge in [0.1, 0.15) is 5.82 Å². The van der Waals surface area contributed by atoms with Crippen LogP contribution in [0.5, 0.6) is 0 Å². The van der Waals surface area contributed by atoms with Crippen LogP contribution in [0.15, 0.2) is 64.3 Å². The van der Waals surface area contributed by atoms with Gasteiger partial charge in [-0.15, -0.1) is 0 Å². The van der Waals surface area contributed by atoms with Gasteiger partial charge in [0.2, 0.25) is 21.5 Å². The van der Waals surface area contributed by atoms with Gasteiger partial charge in [0.25, 0.3) is 0 Å². The highest BCUT2D eigenvalue weighted by Gasteiger charge is 2.23. The number of amides is 1. The van der Waals surface area contributed by atoms with Gasteiger partial charge in [-0.1, -0.05) is 0 Å². The van der Waals surface area contributed by atoms with Crippen molar-refractivity contribution in [1.29, 1.82) is 0 Å². The lowest BCUT2D eigenvalue weighted by molar-refractivity contribution is -0.116. The molecule has 0 fully saturated rings. The molecule has 0 aliphatic heterocycles. The number of halogens is 1. The lowest BCUT2D eigenvalue weighted by atomic mass is 10.2. The number of nitrogens with zero attached hydrogens (tertiary/aromatic N) is 1. The van der Waals surface area contributed by atoms with E-state index < -0.39 is 28.3 Å². The minimum absolute atomic E-state index is 0.000804. The van der Waals surface area contributed by atoms with Crippen molar-refractivity contribution in [3.63, 3.8) is 0 Å². The summed E-state index contributed by atoms with van der Waals surface area (Å²) in [4.78, 5) is 26.0. The molecule has 0 aliphatic rings. The average Bonchev–Trinajstić information content (AvgIpc) is 2.63. The van der Waals surface area contributed by atoms with Crippen molar-refractivity contribution in [3.8, 4) is 0 Å². The highest BCUT2D eigenvalue weighted by atomic mass is 32.2. The summed E-state index contributed by atoms with van der Waals surface area (Å²) in [6.45, 7) is -0.413. The van der Waals surface area contributed by atoms with Crippen LogP contribution < -0.4 is 10.9 Å². The number of hydrogen-bond acceptors (Lipinski definition) is 4. The first kappa shape index (κ1) is 18.7. The molecule has 9 heteroatoms. The minimum Gasteiger partial charge on any atom is -0.325 e. The molecule has 3 aromatic rings. The first-order valence-corrected chi connectivity index (χ1v) is 9.34. The number of H-pyrrole nitrogens is 1. The Morgan fingerprint density at radius 1 is 1.11 bits per heavy atom. The van der Waals surface area contributed by atoms with Crippen molar-refractivity contribution >= 4 is 32.5 Å². The zero-order chi connectivity index (χ0) is 19.6. The normalized spacial score (nSPS) is 11.7. The number of carbonyl (C=O) groups excluding carboxylic acids is 1. The van der Waals surface area contributed by atoms with E-state index >= 15 is 0 Å². The third-order valence-electron chi connectivity index (χ3n) is 3.90. The molecule has 0 unspecified atom stereocenters. The van der Waals surface area contributed by atoms with Crippen LogP contribution in [0.3, 0.4) is 0 Å². The van der Waals surface area contributed by atoms with E-state index in [2.05, 4.69) is 10.3 Å². The smallest absolute Gasteiger partial charge is 0.248 e. The summed E-state index contributed by atoms with van der Waals surface area (Å²) in [5.41, 5.74) is 0.590. The van der Waals surface area contributed by atoms with Crippen molar-refractivity contribution < 1.29 is 17.6 Å². The van der Waals surface area contributed by atoms with Crippen LogP contribution in [0, 0.1) is 5.82 Å². The van der Waals surface area contributed by atoms with Gasteiger partial charge in [-0.3, -0.25) is 9.59 Å². The van der Waals surface area contributed by atoms with E-state index in [0.717, 1.165) is 4.31 Å². The minimum atomic E-state index is -3.91. The van der Waals surface area contributed by atoms with Crippen molar-refractivity contribution in [2.24, 2.45) is 0 Å². The van der Waals surface area contributed by atoms with Gasteiger partial charge in [-0.25, -0.2) is 12.8 Å². The van der Waals surface area contributed by atoms with Crippen LogP contribution in [-0.2, 0) is 14.8 Å². The number of fused-ring (bicyclic) bond motifs is 1. The summed E-state index contributed by atoms with van der Waals surface area (Å²) < 4.78 is 39.2. The molecule has 3 rings (SSSR count). The fourth-order valence-electron chi connectivity index (χ4n) is 2.49. The SMILES string of the molecule is CN(CC(=O)Nc1ccc(F)cc1)S(=O)(=O)c1ccc2[nH]c(=O)ccc2c1. The number of anilines is 1. The van der Waals surface area contributed by atoms with Crippen LogP contribution in [0.4, 0.5) is 10.1 Å². The van der Waals surface area contributed by atoms with Crippen molar-refractivity contribution in [3.05, 3.63) is 70.8 Å². The molecule has 0 radical (unpaired) electrons. The van der Waals surface area contributed by atoms with Gasteiger partial charge >= 0.3 is 0 Å². The molecular weight excluding hydrogens is 373 g/mol. The van der Waals surface area contributed by atoms with E-state index in [0.29, 0.717) is 16.6 Å². The lowest BCUT2D eigenvalue weighted by Crippen LogP contribution is -2.35. The number of hydrogen-bond donors (Lipinski definition) is 2. The highest BCUT2D eigenvalue weighted by Crippen LogP contribution is 2.19. The Labute approximate surface area is 154 Å². The number of aromatic nitrogens is 1. The van der Waals surface area contributed by atoms with Gasteiger partial charge in [-0.2, -0.15) is 4.31 Å². The summed E-state index contributed by atoms with van der Waals surface area (Å²) in [5.74, 6) is -0.997. The van der Waals surface area contributed by atoms with Crippen molar-refractivity contribution in [2.75, 3.05) is 18.9 Å². The van der Waals surface area contributed by atoms with Crippen LogP contribution in [0.2, 0.25) is 0 Å². The van der Waals surface area contributed by atoms with E-state index in [1.165, 1.54) is 61.6 Å². The zero-order valence-electron chi connectivity index (χ0n) is 14.3. The molecule has 0 aliphatic carbocycles. The zero-order valence-corrected chi connectivity index (χ0v) is 15.1. The van der Waals surface area contributed by atoms with Gasteiger partial charge in [0.15, 0.2) is 0 Å². The molecule has 0 saturated heterocycles. The fourth-order valence-corrected chi connectivity index (χ4v) is 3.66. The molecule has 0 spiro atoms. The second-order valence-electron chi connectivity index (χ2n) is 5.89. The third-order valence-corrected chi connectivity index (χ3v) is 5.70. The molecule has 1 heterocycles. The number of pyridine rings is 1. The van der Waals surface area contributed by atoms with Crippen molar-refractivity contribution in [2.45, 2.75) is 4.90 Å². The van der Waals surface area contributed by atoms with E-state index in [-0.39, 0.29) is 10.5 Å². The van der Waals surface area contributed by atoms with Crippen LogP contribution in [-0.4, -0.2) is 37.2 Å². The maximum absolute atomic E-state index is 12.9. The third kappa shape index (κ3) is 4.21. The fraction of sp³-hybridized carbons (Fsp3) is 0.111. The summed E-state index contributed by atoms with van der Waals surface area (Å²) in [7, 11) is -2.63. The quantitative estimate of drug-likeness (QED) is 0.696. The summed E-state index contributed by atoms with van der Waals surface area (Å²) in [5, 5.41) is 3.06. The van der Waals surface area contributed by atoms with E-state index in [4.69, 9.17) is 0 Å². The molecule has 2 aromatic carbocycles. The average molecular weight is 389 g/mol. The summed E-state index contributed by atoms with van der Waals surface area (Å²) >= 11 is 0. The first-order chi connectivity index (χ1) is 12.8. The number of rotatable bonds is 5. The number of benzene rings is 2. The second kappa shape index (κ2) is 7.29. The Bertz CT molecular complexity index is 1160.